The van der Waals surface area contributed by atoms with E-state index in [9.17, 15) is 29.5 Å². The van der Waals surface area contributed by atoms with E-state index < -0.39 is 28.7 Å². The van der Waals surface area contributed by atoms with Crippen LogP contribution in [0.1, 0.15) is 29.6 Å². The number of anilines is 2. The second kappa shape index (κ2) is 11.9. The molecule has 2 aromatic rings. The normalized spacial score (nSPS) is 10.9. The molecule has 2 aromatic carbocycles. The van der Waals surface area contributed by atoms with Crippen molar-refractivity contribution in [3.8, 4) is 11.5 Å². The van der Waals surface area contributed by atoms with E-state index >= 15 is 0 Å². The molecule has 6 N–H and O–H groups in total. The molecule has 0 aromatic heterocycles. The van der Waals surface area contributed by atoms with E-state index in [4.69, 9.17) is 15.7 Å². The molecule has 0 unspecified atom stereocenters. The first-order valence-electron chi connectivity index (χ1n) is 9.72. The van der Waals surface area contributed by atoms with Crippen LogP contribution in [0.4, 0.5) is 11.4 Å². The molecular weight excluding hydrogens is 450 g/mol. The molecule has 0 fully saturated rings. The molecule has 34 heavy (non-hydrogen) atoms. The van der Waals surface area contributed by atoms with E-state index in [0.717, 1.165) is 0 Å². The quantitative estimate of drug-likeness (QED) is 0.145. The van der Waals surface area contributed by atoms with Crippen molar-refractivity contribution >= 4 is 40.6 Å². The summed E-state index contributed by atoms with van der Waals surface area (Å²) in [5, 5.41) is 35.8. The lowest BCUT2D eigenvalue weighted by molar-refractivity contribution is -0.137. The molecule has 0 bridgehead atoms. The molecular formula is C21H22N5O8-. The summed E-state index contributed by atoms with van der Waals surface area (Å²) in [4.78, 5) is 47.4. The number of phenols is 1. The van der Waals surface area contributed by atoms with Crippen LogP contribution < -0.4 is 26.4 Å². The van der Waals surface area contributed by atoms with Gasteiger partial charge in [-0.3, -0.25) is 24.4 Å². The largest absolute Gasteiger partial charge is 0.733 e. The van der Waals surface area contributed by atoms with Gasteiger partial charge in [-0.1, -0.05) is 12.1 Å². The number of nitrogens with two attached hydrogens (primary N) is 1. The third-order valence-electron chi connectivity index (χ3n) is 4.43. The Morgan fingerprint density at radius 1 is 1.15 bits per heavy atom. The summed E-state index contributed by atoms with van der Waals surface area (Å²) in [5.74, 6) is -3.66. The fraction of sp³-hybridized carbons (Fsp3) is 0.190. The zero-order valence-corrected chi connectivity index (χ0v) is 18.0. The lowest BCUT2D eigenvalue weighted by Gasteiger charge is -2.24. The smallest absolute Gasteiger partial charge is 0.329 e. The number of rotatable bonds is 10. The van der Waals surface area contributed by atoms with E-state index in [1.807, 2.05) is 5.43 Å². The first kappa shape index (κ1) is 25.8. The third kappa shape index (κ3) is 7.29. The van der Waals surface area contributed by atoms with Crippen molar-refractivity contribution in [3.05, 3.63) is 53.2 Å². The highest BCUT2D eigenvalue weighted by atomic mass is 16.8. The number of carbonyl (C=O) groups is 4. The van der Waals surface area contributed by atoms with Crippen LogP contribution in [-0.4, -0.2) is 46.6 Å². The van der Waals surface area contributed by atoms with Gasteiger partial charge in [-0.25, -0.2) is 5.43 Å². The average molecular weight is 472 g/mol. The van der Waals surface area contributed by atoms with E-state index in [-0.39, 0.29) is 53.4 Å². The topological polar surface area (TPSA) is 207 Å². The van der Waals surface area contributed by atoms with Crippen molar-refractivity contribution in [2.24, 2.45) is 10.8 Å². The van der Waals surface area contributed by atoms with Crippen LogP contribution in [0.5, 0.6) is 11.5 Å². The molecule has 13 nitrogen and oxygen atoms in total. The monoisotopic (exact) mass is 472 g/mol. The number of methoxy groups -OCH3 is 1. The number of phenolic OH excluding ortho intramolecular Hbond substituents is 1. The molecule has 13 heteroatoms. The number of amides is 3. The molecule has 180 valence electrons. The van der Waals surface area contributed by atoms with E-state index in [0.29, 0.717) is 0 Å². The van der Waals surface area contributed by atoms with Gasteiger partial charge in [0.15, 0.2) is 17.3 Å². The minimum atomic E-state index is -1.29. The Bertz CT molecular complexity index is 1120. The van der Waals surface area contributed by atoms with Crippen LogP contribution in [0.15, 0.2) is 47.6 Å². The molecule has 0 aliphatic heterocycles. The summed E-state index contributed by atoms with van der Waals surface area (Å²) in [6.07, 6.45) is -0.688. The zero-order valence-electron chi connectivity index (χ0n) is 18.0. The number of benzene rings is 2. The van der Waals surface area contributed by atoms with Gasteiger partial charge in [0.25, 0.3) is 0 Å². The second-order valence-electron chi connectivity index (χ2n) is 6.81. The first-order valence-corrected chi connectivity index (χ1v) is 9.72. The number of hydrogen-bond acceptors (Lipinski definition) is 10. The summed E-state index contributed by atoms with van der Waals surface area (Å²) in [6.45, 7) is 0. The highest BCUT2D eigenvalue weighted by Gasteiger charge is 2.16. The van der Waals surface area contributed by atoms with Crippen molar-refractivity contribution in [3.63, 3.8) is 0 Å². The Morgan fingerprint density at radius 2 is 1.85 bits per heavy atom. The Kier molecular flexibility index (Phi) is 9.05. The van der Waals surface area contributed by atoms with Gasteiger partial charge in [-0.2, -0.15) is 5.10 Å². The van der Waals surface area contributed by atoms with Crippen molar-refractivity contribution in [2.75, 3.05) is 17.7 Å². The van der Waals surface area contributed by atoms with Gasteiger partial charge >= 0.3 is 11.8 Å². The Balaban J connectivity index is 2.14. The van der Waals surface area contributed by atoms with E-state index in [1.54, 1.807) is 6.07 Å². The van der Waals surface area contributed by atoms with Gasteiger partial charge in [-0.15, -0.1) is 0 Å². The number of ether oxygens (including phenoxy) is 1. The zero-order chi connectivity index (χ0) is 25.3. The van der Waals surface area contributed by atoms with E-state index in [2.05, 4.69) is 10.4 Å². The number of para-hydroxylation sites is 2. The van der Waals surface area contributed by atoms with Crippen LogP contribution >= 0.6 is 0 Å². The number of hydrazone groups is 1. The molecule has 0 spiro atoms. The summed E-state index contributed by atoms with van der Waals surface area (Å²) in [6, 6.07) is 9.65. The minimum absolute atomic E-state index is 0.0442. The Labute approximate surface area is 193 Å². The number of aromatic hydroxyl groups is 1. The predicted octanol–water partition coefficient (Wildman–Crippen LogP) is 1.04. The standard InChI is InChI=1S/C21H22N5O8/c1-34-18-10-12(6-8-16(18)27)17(28)11-13(24-25-21(31)20(22)30)7-9-19(29)23-14-4-2-3-5-15(14)26(32)33/h2-6,8,10,27,32H,7,9,11H2,1H3,(H2,22,30)(H,23,29)(H,25,31)/q-1/b24-13-. The van der Waals surface area contributed by atoms with Crippen molar-refractivity contribution in [1.82, 2.24) is 5.43 Å². The maximum atomic E-state index is 12.7. The van der Waals surface area contributed by atoms with Crippen LogP contribution in [0.25, 0.3) is 0 Å². The molecule has 0 atom stereocenters. The summed E-state index contributed by atoms with van der Waals surface area (Å²) < 4.78 is 4.97. The maximum absolute atomic E-state index is 12.7. The van der Waals surface area contributed by atoms with Crippen molar-refractivity contribution in [2.45, 2.75) is 19.3 Å². The van der Waals surface area contributed by atoms with Crippen LogP contribution in [-0.2, 0) is 14.4 Å². The molecule has 0 saturated heterocycles. The van der Waals surface area contributed by atoms with Gasteiger partial charge in [0.1, 0.15) is 0 Å². The Morgan fingerprint density at radius 3 is 2.50 bits per heavy atom. The van der Waals surface area contributed by atoms with Crippen LogP contribution in [0, 0.1) is 5.21 Å². The lowest BCUT2D eigenvalue weighted by atomic mass is 10.0. The number of ketones is 1. The highest BCUT2D eigenvalue weighted by Crippen LogP contribution is 2.27. The van der Waals surface area contributed by atoms with Gasteiger partial charge in [0.2, 0.25) is 5.91 Å². The number of Topliss-reactive ketones (excluding diaryl/α,β-unsaturated/α-hetero) is 1. The minimum Gasteiger partial charge on any atom is -0.733 e. The fourth-order valence-corrected chi connectivity index (χ4v) is 2.72. The average Bonchev–Trinajstić information content (AvgIpc) is 2.80. The third-order valence-corrected chi connectivity index (χ3v) is 4.43. The van der Waals surface area contributed by atoms with Gasteiger partial charge in [-0.05, 0) is 36.8 Å². The van der Waals surface area contributed by atoms with Crippen molar-refractivity contribution in [1.29, 1.82) is 0 Å². The molecule has 0 saturated carbocycles. The molecule has 0 radical (unpaired) electrons. The second-order valence-corrected chi connectivity index (χ2v) is 6.81. The Hall–Kier alpha value is -4.49. The van der Waals surface area contributed by atoms with Crippen LogP contribution in [0.3, 0.4) is 0 Å². The number of nitrogens with zero attached hydrogens (tertiary/aromatic N) is 2. The van der Waals surface area contributed by atoms with Gasteiger partial charge < -0.3 is 31.3 Å². The van der Waals surface area contributed by atoms with Crippen LogP contribution in [0.2, 0.25) is 0 Å². The summed E-state index contributed by atoms with van der Waals surface area (Å²) >= 11 is 0. The van der Waals surface area contributed by atoms with E-state index in [1.165, 1.54) is 43.5 Å². The molecule has 0 heterocycles. The van der Waals surface area contributed by atoms with Gasteiger partial charge in [0, 0.05) is 17.7 Å². The van der Waals surface area contributed by atoms with Crippen molar-refractivity contribution < 1.29 is 34.2 Å². The molecule has 0 aliphatic rings. The van der Waals surface area contributed by atoms with Gasteiger partial charge in [0.05, 0.1) is 24.9 Å². The first-order chi connectivity index (χ1) is 16.1. The number of carbonyl (C=O) groups excluding carboxylic acids is 4. The maximum Gasteiger partial charge on any atom is 0.329 e. The summed E-state index contributed by atoms with van der Waals surface area (Å²) in [5.41, 5.74) is 6.86. The number of nitrogens with one attached hydrogen (secondary N) is 2. The number of primary amides is 1. The molecule has 2 rings (SSSR count). The molecule has 0 aliphatic carbocycles. The number of hydrogen-bond donors (Lipinski definition) is 5. The lowest BCUT2D eigenvalue weighted by Crippen LogP contribution is -2.33. The summed E-state index contributed by atoms with van der Waals surface area (Å²) in [7, 11) is 1.31. The fourth-order valence-electron chi connectivity index (χ4n) is 2.72. The SMILES string of the molecule is COc1cc(C(=O)C/C(CCC(=O)Nc2ccccc2N([O-])O)=N\NC(=O)C(N)=O)ccc1O. The molecule has 3 amide bonds. The predicted molar refractivity (Wildman–Crippen MR) is 120 cm³/mol. The highest BCUT2D eigenvalue weighted by molar-refractivity contribution is 6.34.